The lowest BCUT2D eigenvalue weighted by atomic mass is 10.0. The number of fused-ring (bicyclic) bond motifs is 12. The van der Waals surface area contributed by atoms with Crippen LogP contribution in [-0.2, 0) is 0 Å². The van der Waals surface area contributed by atoms with E-state index in [-0.39, 0.29) is 0 Å². The molecule has 4 aromatic heterocycles. The SMILES string of the molecule is c1ccc2c(c1)nc1c3cnccc3c3ccc4oc5ccccc5c4c3n21. The molecule has 28 heavy (non-hydrogen) atoms. The average Bonchev–Trinajstić information content (AvgIpc) is 3.32. The Hall–Kier alpha value is -3.92. The molecule has 4 heteroatoms. The third-order valence-corrected chi connectivity index (χ3v) is 5.65. The third-order valence-electron chi connectivity index (χ3n) is 5.65. The first-order chi connectivity index (χ1) is 13.9. The van der Waals surface area contributed by atoms with Gasteiger partial charge in [-0.15, -0.1) is 0 Å². The van der Waals surface area contributed by atoms with Crippen molar-refractivity contribution in [1.82, 2.24) is 14.4 Å². The maximum Gasteiger partial charge on any atom is 0.147 e. The van der Waals surface area contributed by atoms with Crippen molar-refractivity contribution in [2.24, 2.45) is 0 Å². The number of benzene rings is 3. The highest BCUT2D eigenvalue weighted by atomic mass is 16.3. The van der Waals surface area contributed by atoms with Crippen LogP contribution in [0.4, 0.5) is 0 Å². The van der Waals surface area contributed by atoms with Crippen LogP contribution in [0.1, 0.15) is 0 Å². The lowest BCUT2D eigenvalue weighted by molar-refractivity contribution is 0.669. The predicted octanol–water partition coefficient (Wildman–Crippen LogP) is 6.09. The summed E-state index contributed by atoms with van der Waals surface area (Å²) in [7, 11) is 0. The van der Waals surface area contributed by atoms with Crippen LogP contribution >= 0.6 is 0 Å². The number of pyridine rings is 2. The lowest BCUT2D eigenvalue weighted by Gasteiger charge is -2.09. The molecule has 0 saturated heterocycles. The summed E-state index contributed by atoms with van der Waals surface area (Å²) in [6.07, 6.45) is 3.76. The molecule has 130 valence electrons. The number of imidazole rings is 1. The molecule has 0 saturated carbocycles. The van der Waals surface area contributed by atoms with Gasteiger partial charge in [-0.3, -0.25) is 9.38 Å². The Bertz CT molecular complexity index is 1720. The van der Waals surface area contributed by atoms with Gasteiger partial charge in [0.1, 0.15) is 16.8 Å². The van der Waals surface area contributed by atoms with Gasteiger partial charge in [0.05, 0.1) is 21.9 Å². The molecule has 7 aromatic rings. The van der Waals surface area contributed by atoms with E-state index in [4.69, 9.17) is 9.40 Å². The van der Waals surface area contributed by atoms with Gasteiger partial charge in [-0.2, -0.15) is 0 Å². The molecule has 0 unspecified atom stereocenters. The fourth-order valence-corrected chi connectivity index (χ4v) is 4.49. The summed E-state index contributed by atoms with van der Waals surface area (Å²) in [4.78, 5) is 9.33. The van der Waals surface area contributed by atoms with Gasteiger partial charge >= 0.3 is 0 Å². The first-order valence-corrected chi connectivity index (χ1v) is 9.27. The van der Waals surface area contributed by atoms with Crippen molar-refractivity contribution >= 4 is 60.3 Å². The molecular weight excluding hydrogens is 346 g/mol. The van der Waals surface area contributed by atoms with E-state index in [9.17, 15) is 0 Å². The Labute approximate surface area is 158 Å². The second-order valence-electron chi connectivity index (χ2n) is 7.11. The van der Waals surface area contributed by atoms with Crippen LogP contribution in [0, 0.1) is 0 Å². The summed E-state index contributed by atoms with van der Waals surface area (Å²) >= 11 is 0. The second kappa shape index (κ2) is 4.87. The minimum Gasteiger partial charge on any atom is -0.456 e. The van der Waals surface area contributed by atoms with Gasteiger partial charge in [0.25, 0.3) is 0 Å². The Kier molecular flexibility index (Phi) is 2.46. The monoisotopic (exact) mass is 359 g/mol. The van der Waals surface area contributed by atoms with E-state index >= 15 is 0 Å². The van der Waals surface area contributed by atoms with Crippen molar-refractivity contribution in [3.8, 4) is 0 Å². The van der Waals surface area contributed by atoms with Crippen LogP contribution in [0.15, 0.2) is 83.5 Å². The van der Waals surface area contributed by atoms with Crippen LogP contribution in [-0.4, -0.2) is 14.4 Å². The normalized spacial score (nSPS) is 12.3. The van der Waals surface area contributed by atoms with E-state index < -0.39 is 0 Å². The van der Waals surface area contributed by atoms with Crippen molar-refractivity contribution in [2.45, 2.75) is 0 Å². The zero-order chi connectivity index (χ0) is 18.2. The number of furan rings is 1. The van der Waals surface area contributed by atoms with E-state index in [0.29, 0.717) is 0 Å². The van der Waals surface area contributed by atoms with Crippen molar-refractivity contribution in [2.75, 3.05) is 0 Å². The standard InChI is InChI=1S/C24H13N3O/c1-4-8-20-16(5-1)22-21(28-20)10-9-15-14-11-12-25-13-17(14)24-26-18-6-2-3-7-19(18)27(24)23(15)22/h1-13H. The predicted molar refractivity (Wildman–Crippen MR) is 113 cm³/mol. The summed E-state index contributed by atoms with van der Waals surface area (Å²) in [5, 5.41) is 5.63. The Morgan fingerprint density at radius 1 is 0.714 bits per heavy atom. The number of aromatic nitrogens is 3. The van der Waals surface area contributed by atoms with E-state index in [1.54, 1.807) is 0 Å². The van der Waals surface area contributed by atoms with Gasteiger partial charge in [-0.05, 0) is 41.8 Å². The van der Waals surface area contributed by atoms with E-state index in [1.165, 1.54) is 5.39 Å². The first kappa shape index (κ1) is 14.2. The molecule has 0 fully saturated rings. The third kappa shape index (κ3) is 1.61. The summed E-state index contributed by atoms with van der Waals surface area (Å²) in [6.45, 7) is 0. The molecule has 0 aliphatic carbocycles. The highest BCUT2D eigenvalue weighted by Gasteiger charge is 2.18. The molecule has 7 rings (SSSR count). The highest BCUT2D eigenvalue weighted by molar-refractivity contribution is 6.25. The van der Waals surface area contributed by atoms with Crippen molar-refractivity contribution < 1.29 is 4.42 Å². The largest absolute Gasteiger partial charge is 0.456 e. The lowest BCUT2D eigenvalue weighted by Crippen LogP contribution is -1.92. The molecule has 0 bridgehead atoms. The molecular formula is C24H13N3O. The summed E-state index contributed by atoms with van der Waals surface area (Å²) in [5.74, 6) is 0. The van der Waals surface area contributed by atoms with Gasteiger partial charge in [0.15, 0.2) is 0 Å². The van der Waals surface area contributed by atoms with Gasteiger partial charge < -0.3 is 4.42 Å². The molecule has 0 atom stereocenters. The fraction of sp³-hybridized carbons (Fsp3) is 0. The van der Waals surface area contributed by atoms with Crippen molar-refractivity contribution in [3.63, 3.8) is 0 Å². The number of rotatable bonds is 0. The Morgan fingerprint density at radius 2 is 1.61 bits per heavy atom. The second-order valence-corrected chi connectivity index (χ2v) is 7.11. The number of hydrogen-bond acceptors (Lipinski definition) is 3. The topological polar surface area (TPSA) is 43.3 Å². The molecule has 3 aromatic carbocycles. The maximum atomic E-state index is 6.16. The average molecular weight is 359 g/mol. The Morgan fingerprint density at radius 3 is 2.61 bits per heavy atom. The van der Waals surface area contributed by atoms with Crippen LogP contribution in [0.5, 0.6) is 0 Å². The minimum absolute atomic E-state index is 0.890. The van der Waals surface area contributed by atoms with Crippen molar-refractivity contribution in [3.05, 3.63) is 79.1 Å². The van der Waals surface area contributed by atoms with Crippen LogP contribution < -0.4 is 0 Å². The molecule has 0 aliphatic heterocycles. The van der Waals surface area contributed by atoms with Crippen LogP contribution in [0.2, 0.25) is 0 Å². The highest BCUT2D eigenvalue weighted by Crippen LogP contribution is 2.39. The smallest absolute Gasteiger partial charge is 0.147 e. The molecule has 0 aliphatic rings. The van der Waals surface area contributed by atoms with Gasteiger partial charge in [0.2, 0.25) is 0 Å². The number of hydrogen-bond donors (Lipinski definition) is 0. The molecule has 0 amide bonds. The van der Waals surface area contributed by atoms with E-state index in [0.717, 1.165) is 54.9 Å². The first-order valence-electron chi connectivity index (χ1n) is 9.27. The molecule has 0 radical (unpaired) electrons. The molecule has 4 nitrogen and oxygen atoms in total. The fourth-order valence-electron chi connectivity index (χ4n) is 4.49. The number of para-hydroxylation sites is 3. The van der Waals surface area contributed by atoms with E-state index in [2.05, 4.69) is 57.9 Å². The molecule has 0 spiro atoms. The number of nitrogens with zero attached hydrogens (tertiary/aromatic N) is 3. The zero-order valence-electron chi connectivity index (χ0n) is 14.8. The van der Waals surface area contributed by atoms with Gasteiger partial charge in [-0.25, -0.2) is 4.98 Å². The summed E-state index contributed by atoms with van der Waals surface area (Å²) in [5.41, 5.74) is 5.91. The summed E-state index contributed by atoms with van der Waals surface area (Å²) < 4.78 is 8.43. The van der Waals surface area contributed by atoms with Gasteiger partial charge in [0, 0.05) is 28.6 Å². The van der Waals surface area contributed by atoms with Gasteiger partial charge in [-0.1, -0.05) is 30.3 Å². The Balaban J connectivity index is 1.94. The minimum atomic E-state index is 0.890. The summed E-state index contributed by atoms with van der Waals surface area (Å²) in [6, 6.07) is 22.8. The van der Waals surface area contributed by atoms with Crippen molar-refractivity contribution in [1.29, 1.82) is 0 Å². The molecule has 0 N–H and O–H groups in total. The maximum absolute atomic E-state index is 6.16. The quantitative estimate of drug-likeness (QED) is 0.308. The van der Waals surface area contributed by atoms with Crippen LogP contribution in [0.25, 0.3) is 60.3 Å². The van der Waals surface area contributed by atoms with Crippen LogP contribution in [0.3, 0.4) is 0 Å². The van der Waals surface area contributed by atoms with E-state index in [1.807, 2.05) is 30.6 Å². The molecule has 4 heterocycles. The zero-order valence-corrected chi connectivity index (χ0v) is 14.8.